The molecule has 0 aliphatic heterocycles. The van der Waals surface area contributed by atoms with Crippen LogP contribution in [-0.2, 0) is 0 Å². The molecule has 1 rings (SSSR count). The maximum absolute atomic E-state index is 13.1. The van der Waals surface area contributed by atoms with Gasteiger partial charge < -0.3 is 0 Å². The Morgan fingerprint density at radius 2 is 2.21 bits per heavy atom. The van der Waals surface area contributed by atoms with E-state index in [0.29, 0.717) is 17.7 Å². The molecule has 0 radical (unpaired) electrons. The van der Waals surface area contributed by atoms with Crippen LogP contribution in [0.25, 0.3) is 0 Å². The maximum Gasteiger partial charge on any atom is 0.142 e. The molecule has 0 aliphatic carbocycles. The van der Waals surface area contributed by atoms with Crippen LogP contribution in [0, 0.1) is 29.0 Å². The largest absolute Gasteiger partial charge is 0.206 e. The van der Waals surface area contributed by atoms with Crippen molar-refractivity contribution in [3.05, 3.63) is 35.1 Å². The van der Waals surface area contributed by atoms with Crippen LogP contribution < -0.4 is 0 Å². The Morgan fingerprint density at radius 1 is 1.43 bits per heavy atom. The second-order valence-corrected chi connectivity index (χ2v) is 3.03. The zero-order valence-electron chi connectivity index (χ0n) is 7.42. The zero-order chi connectivity index (χ0) is 10.4. The van der Waals surface area contributed by atoms with E-state index >= 15 is 0 Å². The molecular weight excluding hydrogens is 197 g/mol. The highest BCUT2D eigenvalue weighted by Gasteiger charge is 1.99. The highest BCUT2D eigenvalue weighted by molar-refractivity contribution is 7.80. The second-order valence-electron chi connectivity index (χ2n) is 2.58. The minimum Gasteiger partial charge on any atom is -0.206 e. The van der Waals surface area contributed by atoms with Crippen molar-refractivity contribution in [2.75, 3.05) is 5.75 Å². The van der Waals surface area contributed by atoms with Gasteiger partial charge >= 0.3 is 0 Å². The highest BCUT2D eigenvalue weighted by atomic mass is 32.1. The lowest BCUT2D eigenvalue weighted by Gasteiger charge is -1.93. The van der Waals surface area contributed by atoms with Crippen LogP contribution in [0.1, 0.15) is 17.5 Å². The summed E-state index contributed by atoms with van der Waals surface area (Å²) in [5, 5.41) is 8.49. The van der Waals surface area contributed by atoms with E-state index in [0.717, 1.165) is 0 Å². The molecule has 0 aliphatic rings. The monoisotopic (exact) mass is 205 g/mol. The third-order valence-electron chi connectivity index (χ3n) is 1.56. The molecule has 0 aromatic heterocycles. The van der Waals surface area contributed by atoms with Gasteiger partial charge in [-0.1, -0.05) is 11.8 Å². The van der Waals surface area contributed by atoms with Crippen LogP contribution in [0.2, 0.25) is 0 Å². The average molecular weight is 205 g/mol. The van der Waals surface area contributed by atoms with Gasteiger partial charge in [0.1, 0.15) is 11.9 Å². The molecule has 0 bridgehead atoms. The Balaban J connectivity index is 2.89. The van der Waals surface area contributed by atoms with E-state index in [9.17, 15) is 4.39 Å². The number of nitrogens with zero attached hydrogens (tertiary/aromatic N) is 1. The SMILES string of the molecule is N#Cc1ccc(C#CCCS)cc1F. The summed E-state index contributed by atoms with van der Waals surface area (Å²) in [6.07, 6.45) is 0.671. The highest BCUT2D eigenvalue weighted by Crippen LogP contribution is 2.08. The molecule has 0 amide bonds. The summed E-state index contributed by atoms with van der Waals surface area (Å²) in [5.41, 5.74) is 0.632. The van der Waals surface area contributed by atoms with E-state index in [4.69, 9.17) is 5.26 Å². The van der Waals surface area contributed by atoms with E-state index in [1.807, 2.05) is 0 Å². The van der Waals surface area contributed by atoms with Gasteiger partial charge in [0.05, 0.1) is 5.56 Å². The van der Waals surface area contributed by atoms with E-state index < -0.39 is 5.82 Å². The Bertz CT molecular complexity index is 423. The summed E-state index contributed by atoms with van der Waals surface area (Å²) in [6.45, 7) is 0. The first-order chi connectivity index (χ1) is 6.77. The van der Waals surface area contributed by atoms with Gasteiger partial charge in [-0.25, -0.2) is 4.39 Å². The van der Waals surface area contributed by atoms with E-state index in [1.54, 1.807) is 12.1 Å². The van der Waals surface area contributed by atoms with Crippen molar-refractivity contribution >= 4 is 12.6 Å². The van der Waals surface area contributed by atoms with E-state index in [2.05, 4.69) is 24.5 Å². The number of halogens is 1. The lowest BCUT2D eigenvalue weighted by atomic mass is 10.1. The molecule has 14 heavy (non-hydrogen) atoms. The van der Waals surface area contributed by atoms with Gasteiger partial charge in [-0.2, -0.15) is 17.9 Å². The quantitative estimate of drug-likeness (QED) is 0.552. The topological polar surface area (TPSA) is 23.8 Å². The average Bonchev–Trinajstić information content (AvgIpc) is 2.18. The first-order valence-corrected chi connectivity index (χ1v) is 4.70. The molecule has 0 atom stereocenters. The first kappa shape index (κ1) is 10.6. The molecule has 3 heteroatoms. The Morgan fingerprint density at radius 3 is 2.79 bits per heavy atom. The van der Waals surface area contributed by atoms with Crippen molar-refractivity contribution in [2.45, 2.75) is 6.42 Å². The molecule has 1 aromatic carbocycles. The third-order valence-corrected chi connectivity index (χ3v) is 1.78. The van der Waals surface area contributed by atoms with Crippen molar-refractivity contribution in [2.24, 2.45) is 0 Å². The van der Waals surface area contributed by atoms with Crippen molar-refractivity contribution in [3.8, 4) is 17.9 Å². The third kappa shape index (κ3) is 2.80. The zero-order valence-corrected chi connectivity index (χ0v) is 8.31. The molecule has 1 aromatic rings. The van der Waals surface area contributed by atoms with Gasteiger partial charge in [-0.15, -0.1) is 0 Å². The molecule has 0 heterocycles. The summed E-state index contributed by atoms with van der Waals surface area (Å²) < 4.78 is 13.1. The molecule has 0 saturated heterocycles. The summed E-state index contributed by atoms with van der Waals surface area (Å²) >= 11 is 4.00. The summed E-state index contributed by atoms with van der Waals surface area (Å²) in [6, 6.07) is 6.08. The minimum atomic E-state index is -0.523. The summed E-state index contributed by atoms with van der Waals surface area (Å²) in [4.78, 5) is 0. The standard InChI is InChI=1S/C11H8FNS/c12-11-7-9(3-1-2-6-14)4-5-10(11)8-13/h4-5,7,14H,2,6H2. The van der Waals surface area contributed by atoms with Gasteiger partial charge in [-0.3, -0.25) is 0 Å². The Labute approximate surface area is 88.0 Å². The Kier molecular flexibility index (Phi) is 4.04. The fourth-order valence-corrected chi connectivity index (χ4v) is 1.02. The fourth-order valence-electron chi connectivity index (χ4n) is 0.904. The number of hydrogen-bond acceptors (Lipinski definition) is 2. The molecular formula is C11H8FNS. The molecule has 0 saturated carbocycles. The number of thiol groups is 1. The van der Waals surface area contributed by atoms with Gasteiger partial charge in [0.15, 0.2) is 0 Å². The molecule has 0 unspecified atom stereocenters. The minimum absolute atomic E-state index is 0.0461. The number of nitriles is 1. The van der Waals surface area contributed by atoms with Crippen LogP contribution in [-0.4, -0.2) is 5.75 Å². The predicted octanol–water partition coefficient (Wildman–Crippen LogP) is 2.37. The van der Waals surface area contributed by atoms with Crippen LogP contribution in [0.4, 0.5) is 4.39 Å². The molecule has 0 fully saturated rings. The normalized spacial score (nSPS) is 8.64. The van der Waals surface area contributed by atoms with Gasteiger partial charge in [-0.05, 0) is 18.2 Å². The molecule has 0 N–H and O–H groups in total. The number of benzene rings is 1. The molecule has 1 nitrogen and oxygen atoms in total. The summed E-state index contributed by atoms with van der Waals surface area (Å²) in [5.74, 6) is 5.79. The molecule has 0 spiro atoms. The van der Waals surface area contributed by atoms with E-state index in [1.165, 1.54) is 12.1 Å². The Hall–Kier alpha value is -1.45. The van der Waals surface area contributed by atoms with Crippen LogP contribution >= 0.6 is 12.6 Å². The van der Waals surface area contributed by atoms with Gasteiger partial charge in [0.2, 0.25) is 0 Å². The van der Waals surface area contributed by atoms with Crippen LogP contribution in [0.3, 0.4) is 0 Å². The molecule has 70 valence electrons. The summed E-state index contributed by atoms with van der Waals surface area (Å²) in [7, 11) is 0. The van der Waals surface area contributed by atoms with Crippen LogP contribution in [0.5, 0.6) is 0 Å². The predicted molar refractivity (Wildman–Crippen MR) is 56.5 cm³/mol. The smallest absolute Gasteiger partial charge is 0.142 e. The fraction of sp³-hybridized carbons (Fsp3) is 0.182. The lowest BCUT2D eigenvalue weighted by Crippen LogP contribution is -1.84. The van der Waals surface area contributed by atoms with E-state index in [-0.39, 0.29) is 5.56 Å². The number of rotatable bonds is 1. The number of hydrogen-bond donors (Lipinski definition) is 1. The van der Waals surface area contributed by atoms with Crippen molar-refractivity contribution in [1.82, 2.24) is 0 Å². The van der Waals surface area contributed by atoms with Gasteiger partial charge in [0.25, 0.3) is 0 Å². The maximum atomic E-state index is 13.1. The van der Waals surface area contributed by atoms with Crippen molar-refractivity contribution in [1.29, 1.82) is 5.26 Å². The second kappa shape index (κ2) is 5.32. The lowest BCUT2D eigenvalue weighted by molar-refractivity contribution is 0.623. The van der Waals surface area contributed by atoms with Crippen molar-refractivity contribution in [3.63, 3.8) is 0 Å². The van der Waals surface area contributed by atoms with Crippen molar-refractivity contribution < 1.29 is 4.39 Å². The van der Waals surface area contributed by atoms with Gasteiger partial charge in [0, 0.05) is 17.7 Å². The van der Waals surface area contributed by atoms with Crippen LogP contribution in [0.15, 0.2) is 18.2 Å². The first-order valence-electron chi connectivity index (χ1n) is 4.07.